The summed E-state index contributed by atoms with van der Waals surface area (Å²) in [5.74, 6) is -0.902. The predicted molar refractivity (Wildman–Crippen MR) is 178 cm³/mol. The van der Waals surface area contributed by atoms with Gasteiger partial charge in [0.25, 0.3) is 0 Å². The van der Waals surface area contributed by atoms with Gasteiger partial charge in [0.05, 0.1) is 0 Å². The van der Waals surface area contributed by atoms with Gasteiger partial charge in [-0.2, -0.15) is 0 Å². The van der Waals surface area contributed by atoms with E-state index < -0.39 is 6.10 Å². The molecule has 6 heteroatoms. The van der Waals surface area contributed by atoms with Crippen molar-refractivity contribution in [2.45, 2.75) is 194 Å². The third kappa shape index (κ3) is 31.4. The van der Waals surface area contributed by atoms with Gasteiger partial charge in [0.1, 0.15) is 13.2 Å². The molecule has 0 bridgehead atoms. The summed E-state index contributed by atoms with van der Waals surface area (Å²) in [7, 11) is 0. The van der Waals surface area contributed by atoms with E-state index in [4.69, 9.17) is 14.2 Å². The Bertz CT molecular complexity index is 674. The van der Waals surface area contributed by atoms with Crippen molar-refractivity contribution < 1.29 is 28.6 Å². The number of esters is 3. The fourth-order valence-electron chi connectivity index (χ4n) is 4.96. The second-order valence-corrected chi connectivity index (χ2v) is 12.1. The van der Waals surface area contributed by atoms with Crippen LogP contribution in [0, 0.1) is 0 Å². The van der Waals surface area contributed by atoms with E-state index >= 15 is 0 Å². The quantitative estimate of drug-likeness (QED) is 0.0327. The summed E-state index contributed by atoms with van der Waals surface area (Å²) in [4.78, 5) is 37.1. The molecule has 0 heterocycles. The molecule has 0 amide bonds. The second kappa shape index (κ2) is 33.1. The van der Waals surface area contributed by atoms with Crippen molar-refractivity contribution >= 4 is 17.9 Å². The zero-order valence-corrected chi connectivity index (χ0v) is 28.5. The van der Waals surface area contributed by atoms with Crippen LogP contribution < -0.4 is 0 Å². The fourth-order valence-corrected chi connectivity index (χ4v) is 4.96. The molecule has 252 valence electrons. The minimum absolute atomic E-state index is 0.0717. The summed E-state index contributed by atoms with van der Waals surface area (Å²) in [6.07, 6.45) is 30.8. The molecule has 0 N–H and O–H groups in total. The Labute approximate surface area is 265 Å². The summed E-state index contributed by atoms with van der Waals surface area (Å²) in [6.45, 7) is 6.47. The van der Waals surface area contributed by atoms with Crippen LogP contribution in [-0.4, -0.2) is 37.2 Å². The highest BCUT2D eigenvalue weighted by Crippen LogP contribution is 2.12. The van der Waals surface area contributed by atoms with Crippen LogP contribution in [0.4, 0.5) is 0 Å². The van der Waals surface area contributed by atoms with Gasteiger partial charge in [0.2, 0.25) is 0 Å². The topological polar surface area (TPSA) is 78.9 Å². The number of carbonyl (C=O) groups excluding carboxylic acids is 3. The van der Waals surface area contributed by atoms with Gasteiger partial charge < -0.3 is 14.2 Å². The predicted octanol–water partition coefficient (Wildman–Crippen LogP) is 10.7. The van der Waals surface area contributed by atoms with Crippen molar-refractivity contribution in [1.29, 1.82) is 0 Å². The Balaban J connectivity index is 4.30. The van der Waals surface area contributed by atoms with Crippen LogP contribution in [0.3, 0.4) is 0 Å². The highest BCUT2D eigenvalue weighted by molar-refractivity contribution is 5.71. The van der Waals surface area contributed by atoms with Gasteiger partial charge in [-0.25, -0.2) is 0 Å². The molecular weight excluding hydrogens is 540 g/mol. The maximum Gasteiger partial charge on any atom is 0.306 e. The van der Waals surface area contributed by atoms with Crippen molar-refractivity contribution in [3.8, 4) is 0 Å². The minimum Gasteiger partial charge on any atom is -0.462 e. The monoisotopic (exact) mass is 609 g/mol. The van der Waals surface area contributed by atoms with Crippen LogP contribution in [-0.2, 0) is 28.6 Å². The number of carbonyl (C=O) groups is 3. The Morgan fingerprint density at radius 3 is 1.21 bits per heavy atom. The number of ether oxygens (including phenoxy) is 3. The zero-order valence-electron chi connectivity index (χ0n) is 28.5. The number of rotatable bonds is 32. The maximum absolute atomic E-state index is 12.5. The molecule has 0 aliphatic carbocycles. The molecule has 0 aromatic rings. The summed E-state index contributed by atoms with van der Waals surface area (Å²) < 4.78 is 16.4. The molecule has 1 atom stereocenters. The second-order valence-electron chi connectivity index (χ2n) is 12.1. The first-order chi connectivity index (χ1) is 21.0. The van der Waals surface area contributed by atoms with Gasteiger partial charge >= 0.3 is 17.9 Å². The zero-order chi connectivity index (χ0) is 31.6. The van der Waals surface area contributed by atoms with Crippen LogP contribution >= 0.6 is 0 Å². The average Bonchev–Trinajstić information content (AvgIpc) is 3.00. The molecule has 0 radical (unpaired) electrons. The first-order valence-electron chi connectivity index (χ1n) is 18.2. The SMILES string of the molecule is CCCCC/C=C\CCCCCCCC(=O)OCC(COC(=O)CCCCCCCC)OC(=O)CCCCCCCCC. The van der Waals surface area contributed by atoms with Crippen LogP contribution in [0.15, 0.2) is 12.2 Å². The molecule has 0 fully saturated rings. The molecule has 43 heavy (non-hydrogen) atoms. The molecule has 0 aromatic heterocycles. The summed E-state index contributed by atoms with van der Waals surface area (Å²) in [6, 6.07) is 0. The molecular formula is C37H68O6. The van der Waals surface area contributed by atoms with Gasteiger partial charge in [-0.05, 0) is 44.9 Å². The van der Waals surface area contributed by atoms with E-state index in [2.05, 4.69) is 32.9 Å². The standard InChI is InChI=1S/C37H68O6/c1-4-7-10-13-16-17-18-19-20-22-24-27-30-36(39)42-33-34(32-41-35(38)29-26-23-15-12-9-6-3)43-37(40)31-28-25-21-14-11-8-5-2/h16-17,34H,4-15,18-33H2,1-3H3/b17-16-. The van der Waals surface area contributed by atoms with Gasteiger partial charge in [-0.15, -0.1) is 0 Å². The van der Waals surface area contributed by atoms with Crippen molar-refractivity contribution in [1.82, 2.24) is 0 Å². The van der Waals surface area contributed by atoms with E-state index in [1.54, 1.807) is 0 Å². The Morgan fingerprint density at radius 1 is 0.442 bits per heavy atom. The Kier molecular flexibility index (Phi) is 31.6. The van der Waals surface area contributed by atoms with E-state index in [1.165, 1.54) is 83.5 Å². The largest absolute Gasteiger partial charge is 0.462 e. The van der Waals surface area contributed by atoms with Crippen LogP contribution in [0.2, 0.25) is 0 Å². The third-order valence-electron chi connectivity index (χ3n) is 7.77. The lowest BCUT2D eigenvalue weighted by molar-refractivity contribution is -0.167. The molecule has 0 spiro atoms. The summed E-state index contributed by atoms with van der Waals surface area (Å²) in [5, 5.41) is 0. The highest BCUT2D eigenvalue weighted by atomic mass is 16.6. The molecule has 6 nitrogen and oxygen atoms in total. The first-order valence-corrected chi connectivity index (χ1v) is 18.2. The van der Waals surface area contributed by atoms with E-state index in [-0.39, 0.29) is 31.1 Å². The molecule has 0 aliphatic heterocycles. The fraction of sp³-hybridized carbons (Fsp3) is 0.865. The Hall–Kier alpha value is -1.85. The van der Waals surface area contributed by atoms with E-state index in [1.807, 2.05) is 0 Å². The first kappa shape index (κ1) is 41.1. The minimum atomic E-state index is -0.760. The van der Waals surface area contributed by atoms with E-state index in [0.717, 1.165) is 64.2 Å². The van der Waals surface area contributed by atoms with Crippen molar-refractivity contribution in [3.05, 3.63) is 12.2 Å². The number of allylic oxidation sites excluding steroid dienone is 2. The average molecular weight is 609 g/mol. The van der Waals surface area contributed by atoms with Gasteiger partial charge in [0, 0.05) is 19.3 Å². The van der Waals surface area contributed by atoms with Crippen molar-refractivity contribution in [2.24, 2.45) is 0 Å². The smallest absolute Gasteiger partial charge is 0.306 e. The van der Waals surface area contributed by atoms with Crippen molar-refractivity contribution in [2.75, 3.05) is 13.2 Å². The van der Waals surface area contributed by atoms with Crippen LogP contribution in [0.1, 0.15) is 188 Å². The van der Waals surface area contributed by atoms with Crippen molar-refractivity contribution in [3.63, 3.8) is 0 Å². The number of hydrogen-bond acceptors (Lipinski definition) is 6. The third-order valence-corrected chi connectivity index (χ3v) is 7.77. The summed E-state index contributed by atoms with van der Waals surface area (Å²) >= 11 is 0. The lowest BCUT2D eigenvalue weighted by Gasteiger charge is -2.18. The number of unbranched alkanes of at least 4 members (excludes halogenated alkanes) is 19. The molecule has 0 aliphatic rings. The Morgan fingerprint density at radius 2 is 0.767 bits per heavy atom. The molecule has 0 saturated carbocycles. The summed E-state index contributed by atoms with van der Waals surface area (Å²) in [5.41, 5.74) is 0. The van der Waals surface area contributed by atoms with Crippen LogP contribution in [0.5, 0.6) is 0 Å². The molecule has 0 saturated heterocycles. The number of hydrogen-bond donors (Lipinski definition) is 0. The van der Waals surface area contributed by atoms with Crippen LogP contribution in [0.25, 0.3) is 0 Å². The molecule has 0 rings (SSSR count). The normalized spacial score (nSPS) is 12.0. The lowest BCUT2D eigenvalue weighted by Crippen LogP contribution is -2.30. The molecule has 0 aromatic carbocycles. The highest BCUT2D eigenvalue weighted by Gasteiger charge is 2.19. The lowest BCUT2D eigenvalue weighted by atomic mass is 10.1. The van der Waals surface area contributed by atoms with E-state index in [0.29, 0.717) is 19.3 Å². The molecule has 1 unspecified atom stereocenters. The van der Waals surface area contributed by atoms with Gasteiger partial charge in [-0.1, -0.05) is 136 Å². The maximum atomic E-state index is 12.5. The van der Waals surface area contributed by atoms with Gasteiger partial charge in [0.15, 0.2) is 6.10 Å². The van der Waals surface area contributed by atoms with Gasteiger partial charge in [-0.3, -0.25) is 14.4 Å². The van der Waals surface area contributed by atoms with E-state index in [9.17, 15) is 14.4 Å².